The molecule has 0 unspecified atom stereocenters. The van der Waals surface area contributed by atoms with Crippen molar-refractivity contribution < 1.29 is 18.1 Å². The fourth-order valence-electron chi connectivity index (χ4n) is 5.12. The molecule has 2 fully saturated rings. The molecule has 2 aliphatic rings. The number of halogens is 3. The van der Waals surface area contributed by atoms with E-state index >= 15 is 0 Å². The third-order valence-electron chi connectivity index (χ3n) is 7.40. The number of nitro groups is 1. The van der Waals surface area contributed by atoms with Gasteiger partial charge in [0.1, 0.15) is 17.6 Å². The van der Waals surface area contributed by atoms with Gasteiger partial charge in [0, 0.05) is 63.0 Å². The molecule has 0 amide bonds. The number of anilines is 2. The molecule has 1 aliphatic carbocycles. The lowest BCUT2D eigenvalue weighted by Gasteiger charge is -2.36. The number of alkyl halides is 3. The minimum absolute atomic E-state index is 0.0390. The normalized spacial score (nSPS) is 17.2. The fourth-order valence-corrected chi connectivity index (χ4v) is 5.12. The van der Waals surface area contributed by atoms with Crippen LogP contribution in [0.1, 0.15) is 42.5 Å². The van der Waals surface area contributed by atoms with E-state index in [2.05, 4.69) is 15.2 Å². The van der Waals surface area contributed by atoms with Crippen LogP contribution < -0.4 is 15.8 Å². The first-order chi connectivity index (χ1) is 18.5. The fraction of sp³-hybridized carbons (Fsp3) is 0.423. The first-order valence-electron chi connectivity index (χ1n) is 12.5. The molecule has 13 heteroatoms. The van der Waals surface area contributed by atoms with Crippen molar-refractivity contribution >= 4 is 28.1 Å². The summed E-state index contributed by atoms with van der Waals surface area (Å²) in [6.45, 7) is 4.55. The van der Waals surface area contributed by atoms with Crippen LogP contribution in [0.3, 0.4) is 0 Å². The number of rotatable bonds is 6. The number of aromatic nitrogens is 2. The van der Waals surface area contributed by atoms with Gasteiger partial charge in [-0.2, -0.15) is 18.4 Å². The summed E-state index contributed by atoms with van der Waals surface area (Å²) in [5.74, 6) is 0.241. The maximum Gasteiger partial charge on any atom is 0.416 e. The van der Waals surface area contributed by atoms with E-state index in [1.807, 2.05) is 11.0 Å². The Hall–Kier alpha value is -4.18. The predicted octanol–water partition coefficient (Wildman–Crippen LogP) is 4.19. The molecule has 1 saturated heterocycles. The first kappa shape index (κ1) is 26.4. The summed E-state index contributed by atoms with van der Waals surface area (Å²) in [6, 6.07) is 5.96. The Morgan fingerprint density at radius 3 is 2.46 bits per heavy atom. The number of piperazine rings is 1. The van der Waals surface area contributed by atoms with Crippen LogP contribution in [0.2, 0.25) is 0 Å². The second kappa shape index (κ2) is 9.85. The molecule has 0 radical (unpaired) electrons. The standard InChI is InChI=1S/C26H26F3N7O3/c1-15(16-9-18(26(27,28)29)11-20(10-16)36(38)39)32-24-21-12-22(35-7-5-34(6-8-35)19-3-4-19)25(37)33(2)23(21)17(13-30)14-31-24/h9-12,14-15,19H,3-8H2,1-2H3,(H,31,32)/t15-/m1/s1. The van der Waals surface area contributed by atoms with E-state index in [9.17, 15) is 33.3 Å². The van der Waals surface area contributed by atoms with Crippen LogP contribution in [-0.2, 0) is 13.2 Å². The Bertz CT molecular complexity index is 1550. The van der Waals surface area contributed by atoms with E-state index < -0.39 is 28.4 Å². The highest BCUT2D eigenvalue weighted by Crippen LogP contribution is 2.36. The highest BCUT2D eigenvalue weighted by atomic mass is 19.4. The van der Waals surface area contributed by atoms with Crippen molar-refractivity contribution in [2.75, 3.05) is 36.4 Å². The van der Waals surface area contributed by atoms with E-state index in [-0.39, 0.29) is 22.5 Å². The molecular formula is C26H26F3N7O3. The number of nitrogens with one attached hydrogen (secondary N) is 1. The molecule has 3 heterocycles. The van der Waals surface area contributed by atoms with E-state index in [1.54, 1.807) is 20.0 Å². The summed E-state index contributed by atoms with van der Waals surface area (Å²) in [6.07, 6.45) is -1.08. The van der Waals surface area contributed by atoms with E-state index in [1.165, 1.54) is 23.6 Å². The van der Waals surface area contributed by atoms with Crippen LogP contribution in [0.5, 0.6) is 0 Å². The zero-order valence-corrected chi connectivity index (χ0v) is 21.3. The predicted molar refractivity (Wildman–Crippen MR) is 139 cm³/mol. The Morgan fingerprint density at radius 1 is 1.18 bits per heavy atom. The van der Waals surface area contributed by atoms with Gasteiger partial charge in [-0.05, 0) is 37.5 Å². The number of aryl methyl sites for hydroxylation is 1. The molecule has 0 bridgehead atoms. The minimum atomic E-state index is -4.77. The van der Waals surface area contributed by atoms with Crippen molar-refractivity contribution in [3.8, 4) is 6.07 Å². The van der Waals surface area contributed by atoms with Crippen LogP contribution >= 0.6 is 0 Å². The Kier molecular flexibility index (Phi) is 6.67. The number of benzene rings is 1. The Labute approximate surface area is 221 Å². The van der Waals surface area contributed by atoms with Crippen LogP contribution in [-0.4, -0.2) is 51.6 Å². The summed E-state index contributed by atoms with van der Waals surface area (Å²) < 4.78 is 41.7. The van der Waals surface area contributed by atoms with Gasteiger partial charge in [0.15, 0.2) is 0 Å². The molecule has 39 heavy (non-hydrogen) atoms. The molecule has 1 atom stereocenters. The molecule has 10 nitrogen and oxygen atoms in total. The van der Waals surface area contributed by atoms with E-state index in [0.717, 1.165) is 25.2 Å². The lowest BCUT2D eigenvalue weighted by molar-refractivity contribution is -0.385. The van der Waals surface area contributed by atoms with Crippen molar-refractivity contribution in [3.05, 3.63) is 67.6 Å². The molecule has 204 valence electrons. The number of nitrogens with zero attached hydrogens (tertiary/aromatic N) is 6. The molecule has 3 aromatic rings. The largest absolute Gasteiger partial charge is 0.416 e. The van der Waals surface area contributed by atoms with Crippen molar-refractivity contribution in [1.82, 2.24) is 14.5 Å². The van der Waals surface area contributed by atoms with Crippen molar-refractivity contribution in [1.29, 1.82) is 5.26 Å². The molecule has 1 aromatic carbocycles. The van der Waals surface area contributed by atoms with Gasteiger partial charge in [-0.15, -0.1) is 0 Å². The van der Waals surface area contributed by atoms with Gasteiger partial charge in [-0.1, -0.05) is 0 Å². The van der Waals surface area contributed by atoms with Crippen LogP contribution in [0.4, 0.5) is 30.4 Å². The zero-order valence-electron chi connectivity index (χ0n) is 21.3. The molecule has 0 spiro atoms. The van der Waals surface area contributed by atoms with Gasteiger partial charge >= 0.3 is 6.18 Å². The van der Waals surface area contributed by atoms with Gasteiger partial charge in [0.05, 0.1) is 27.6 Å². The summed E-state index contributed by atoms with van der Waals surface area (Å²) in [5.41, 5.74) is -1.09. The van der Waals surface area contributed by atoms with Crippen molar-refractivity contribution in [2.45, 2.75) is 38.0 Å². The maximum absolute atomic E-state index is 13.4. The first-order valence-corrected chi connectivity index (χ1v) is 12.5. The maximum atomic E-state index is 13.4. The van der Waals surface area contributed by atoms with Crippen molar-refractivity contribution in [3.63, 3.8) is 0 Å². The number of hydrogen-bond donors (Lipinski definition) is 1. The smallest absolute Gasteiger partial charge is 0.364 e. The van der Waals surface area contributed by atoms with Crippen LogP contribution in [0, 0.1) is 21.4 Å². The number of hydrogen-bond acceptors (Lipinski definition) is 8. The van der Waals surface area contributed by atoms with Crippen LogP contribution in [0.25, 0.3) is 10.9 Å². The summed E-state index contributed by atoms with van der Waals surface area (Å²) in [4.78, 5) is 32.6. The number of pyridine rings is 2. The third-order valence-corrected chi connectivity index (χ3v) is 7.40. The Morgan fingerprint density at radius 2 is 1.87 bits per heavy atom. The van der Waals surface area contributed by atoms with Crippen LogP contribution in [0.15, 0.2) is 35.3 Å². The molecule has 5 rings (SSSR count). The number of nitriles is 1. The monoisotopic (exact) mass is 541 g/mol. The second-order valence-electron chi connectivity index (χ2n) is 9.98. The van der Waals surface area contributed by atoms with E-state index in [0.29, 0.717) is 41.8 Å². The molecule has 1 N–H and O–H groups in total. The summed E-state index contributed by atoms with van der Waals surface area (Å²) in [5, 5.41) is 24.5. The number of non-ortho nitro benzene ring substituents is 1. The number of fused-ring (bicyclic) bond motifs is 1. The Balaban J connectivity index is 1.55. The number of nitro benzene ring substituents is 1. The van der Waals surface area contributed by atoms with Gasteiger partial charge in [0.25, 0.3) is 11.2 Å². The molecule has 2 aromatic heterocycles. The van der Waals surface area contributed by atoms with Crippen molar-refractivity contribution in [2.24, 2.45) is 7.05 Å². The average molecular weight is 542 g/mol. The lowest BCUT2D eigenvalue weighted by atomic mass is 10.0. The van der Waals surface area contributed by atoms with Gasteiger partial charge in [-0.25, -0.2) is 4.98 Å². The third kappa shape index (κ3) is 5.12. The molecule has 1 saturated carbocycles. The minimum Gasteiger partial charge on any atom is -0.364 e. The van der Waals surface area contributed by atoms with E-state index in [4.69, 9.17) is 0 Å². The molecule has 1 aliphatic heterocycles. The highest BCUT2D eigenvalue weighted by molar-refractivity contribution is 5.95. The lowest BCUT2D eigenvalue weighted by Crippen LogP contribution is -2.48. The quantitative estimate of drug-likeness (QED) is 0.364. The molecular weight excluding hydrogens is 515 g/mol. The average Bonchev–Trinajstić information content (AvgIpc) is 3.76. The van der Waals surface area contributed by atoms with Gasteiger partial charge in [-0.3, -0.25) is 19.8 Å². The summed E-state index contributed by atoms with van der Waals surface area (Å²) >= 11 is 0. The van der Waals surface area contributed by atoms with Gasteiger partial charge < -0.3 is 14.8 Å². The highest BCUT2D eigenvalue weighted by Gasteiger charge is 2.34. The van der Waals surface area contributed by atoms with Gasteiger partial charge in [0.2, 0.25) is 0 Å². The topological polar surface area (TPSA) is 120 Å². The second-order valence-corrected chi connectivity index (χ2v) is 9.98. The SMILES string of the molecule is C[C@@H](Nc1ncc(C#N)c2c1cc(N1CCN(C3CC3)CC1)c(=O)n2C)c1cc([N+](=O)[O-])cc(C(F)(F)F)c1. The zero-order chi connectivity index (χ0) is 28.1. The summed E-state index contributed by atoms with van der Waals surface area (Å²) in [7, 11) is 1.57.